The smallest absolute Gasteiger partial charge is 0.247 e. The number of rotatable bonds is 7. The van der Waals surface area contributed by atoms with Crippen LogP contribution in [0, 0.1) is 19.7 Å². The van der Waals surface area contributed by atoms with Gasteiger partial charge in [0.05, 0.1) is 13.7 Å². The minimum absolute atomic E-state index is 0.0183. The van der Waals surface area contributed by atoms with Crippen molar-refractivity contribution in [2.75, 3.05) is 25.5 Å². The van der Waals surface area contributed by atoms with E-state index < -0.39 is 28.3 Å². The number of hydrogen-bond acceptors (Lipinski definition) is 4. The summed E-state index contributed by atoms with van der Waals surface area (Å²) in [6, 6.07) is 8.72. The Morgan fingerprint density at radius 3 is 2.56 bits per heavy atom. The Labute approximate surface area is 159 Å². The summed E-state index contributed by atoms with van der Waals surface area (Å²) in [6.45, 7) is 5.05. The highest BCUT2D eigenvalue weighted by Crippen LogP contribution is 2.27. The maximum Gasteiger partial charge on any atom is 0.247 e. The maximum absolute atomic E-state index is 13.6. The summed E-state index contributed by atoms with van der Waals surface area (Å²) in [6.07, 6.45) is 0. The molecule has 0 spiro atoms. The summed E-state index contributed by atoms with van der Waals surface area (Å²) in [5.74, 6) is -1.17. The van der Waals surface area contributed by atoms with Crippen molar-refractivity contribution < 1.29 is 22.3 Å². The number of methoxy groups -OCH3 is 1. The van der Waals surface area contributed by atoms with E-state index in [1.807, 2.05) is 26.0 Å². The second-order valence-corrected chi connectivity index (χ2v) is 7.93. The lowest BCUT2D eigenvalue weighted by atomic mass is 10.1. The molecule has 2 aromatic carbocycles. The molecule has 2 rings (SSSR count). The molecule has 146 valence electrons. The molecule has 0 atom stereocenters. The number of anilines is 1. The monoisotopic (exact) mass is 394 g/mol. The van der Waals surface area contributed by atoms with E-state index in [-0.39, 0.29) is 17.2 Å². The summed E-state index contributed by atoms with van der Waals surface area (Å²) in [5.41, 5.74) is 2.54. The number of ether oxygens (including phenoxy) is 1. The van der Waals surface area contributed by atoms with Crippen LogP contribution in [0.4, 0.5) is 10.1 Å². The third-order valence-corrected chi connectivity index (χ3v) is 6.24. The molecule has 6 nitrogen and oxygen atoms in total. The van der Waals surface area contributed by atoms with Crippen LogP contribution in [-0.4, -0.2) is 38.8 Å². The average Bonchev–Trinajstić information content (AvgIpc) is 2.63. The van der Waals surface area contributed by atoms with Gasteiger partial charge >= 0.3 is 0 Å². The fraction of sp³-hybridized carbons (Fsp3) is 0.316. The number of hydrogen-bond donors (Lipinski definition) is 1. The predicted octanol–water partition coefficient (Wildman–Crippen LogP) is 3.10. The molecule has 0 radical (unpaired) electrons. The Morgan fingerprint density at radius 2 is 1.93 bits per heavy atom. The summed E-state index contributed by atoms with van der Waals surface area (Å²) in [7, 11) is -2.81. The fourth-order valence-corrected chi connectivity index (χ4v) is 4.17. The van der Waals surface area contributed by atoms with Crippen molar-refractivity contribution >= 4 is 21.6 Å². The van der Waals surface area contributed by atoms with Gasteiger partial charge in [-0.15, -0.1) is 0 Å². The highest BCUT2D eigenvalue weighted by atomic mass is 32.2. The zero-order valence-corrected chi connectivity index (χ0v) is 16.6. The molecule has 8 heteroatoms. The van der Waals surface area contributed by atoms with Gasteiger partial charge in [0, 0.05) is 12.2 Å². The van der Waals surface area contributed by atoms with Crippen LogP contribution in [0.2, 0.25) is 0 Å². The lowest BCUT2D eigenvalue weighted by Crippen LogP contribution is -2.38. The molecule has 0 aliphatic rings. The quantitative estimate of drug-likeness (QED) is 0.783. The van der Waals surface area contributed by atoms with Crippen LogP contribution in [0.15, 0.2) is 41.3 Å². The normalized spacial score (nSPS) is 11.5. The number of carbonyl (C=O) groups is 1. The standard InChI is InChI=1S/C19H23FN2O4S/c1-5-22(12-19(23)21-16-8-6-7-13(2)14(16)3)27(24,25)18-11-15(20)9-10-17(18)26-4/h6-11H,5,12H2,1-4H3,(H,21,23). The Kier molecular flexibility index (Phi) is 6.56. The van der Waals surface area contributed by atoms with Crippen molar-refractivity contribution in [2.45, 2.75) is 25.7 Å². The zero-order chi connectivity index (χ0) is 20.2. The SMILES string of the molecule is CCN(CC(=O)Nc1cccc(C)c1C)S(=O)(=O)c1cc(F)ccc1OC. The van der Waals surface area contributed by atoms with Crippen LogP contribution in [0.5, 0.6) is 5.75 Å². The Morgan fingerprint density at radius 1 is 1.22 bits per heavy atom. The second-order valence-electron chi connectivity index (χ2n) is 6.02. The summed E-state index contributed by atoms with van der Waals surface area (Å²) < 4.78 is 45.4. The first-order chi connectivity index (χ1) is 12.7. The minimum atomic E-state index is -4.11. The van der Waals surface area contributed by atoms with Gasteiger partial charge in [-0.05, 0) is 49.2 Å². The first kappa shape index (κ1) is 20.9. The topological polar surface area (TPSA) is 75.7 Å². The summed E-state index contributed by atoms with van der Waals surface area (Å²) in [4.78, 5) is 12.1. The summed E-state index contributed by atoms with van der Waals surface area (Å²) >= 11 is 0. The Hall–Kier alpha value is -2.45. The third kappa shape index (κ3) is 4.64. The van der Waals surface area contributed by atoms with Gasteiger partial charge in [0.15, 0.2) is 0 Å². The molecule has 0 saturated heterocycles. The molecule has 0 saturated carbocycles. The van der Waals surface area contributed by atoms with Gasteiger partial charge in [-0.2, -0.15) is 4.31 Å². The van der Waals surface area contributed by atoms with Crippen LogP contribution in [0.3, 0.4) is 0 Å². The Balaban J connectivity index is 2.27. The van der Waals surface area contributed by atoms with Gasteiger partial charge in [-0.25, -0.2) is 12.8 Å². The van der Waals surface area contributed by atoms with E-state index in [9.17, 15) is 17.6 Å². The fourth-order valence-electron chi connectivity index (χ4n) is 2.59. The van der Waals surface area contributed by atoms with Crippen molar-refractivity contribution in [3.05, 3.63) is 53.3 Å². The Bertz CT molecular complexity index is 945. The van der Waals surface area contributed by atoms with Gasteiger partial charge in [0.25, 0.3) is 0 Å². The van der Waals surface area contributed by atoms with Gasteiger partial charge in [-0.3, -0.25) is 4.79 Å². The first-order valence-corrected chi connectivity index (χ1v) is 9.84. The maximum atomic E-state index is 13.6. The van der Waals surface area contributed by atoms with Crippen LogP contribution < -0.4 is 10.1 Å². The van der Waals surface area contributed by atoms with Gasteiger partial charge in [0.2, 0.25) is 15.9 Å². The lowest BCUT2D eigenvalue weighted by Gasteiger charge is -2.21. The van der Waals surface area contributed by atoms with Gasteiger partial charge in [-0.1, -0.05) is 19.1 Å². The summed E-state index contributed by atoms with van der Waals surface area (Å²) in [5, 5.41) is 2.73. The number of halogens is 1. The van der Waals surface area contributed by atoms with E-state index in [2.05, 4.69) is 5.32 Å². The number of aryl methyl sites for hydroxylation is 1. The van der Waals surface area contributed by atoms with Crippen molar-refractivity contribution in [3.8, 4) is 5.75 Å². The third-order valence-electron chi connectivity index (χ3n) is 4.29. The largest absolute Gasteiger partial charge is 0.495 e. The lowest BCUT2D eigenvalue weighted by molar-refractivity contribution is -0.116. The van der Waals surface area contributed by atoms with E-state index in [4.69, 9.17) is 4.74 Å². The molecule has 0 bridgehead atoms. The number of benzene rings is 2. The van der Waals surface area contributed by atoms with E-state index in [1.165, 1.54) is 13.2 Å². The highest BCUT2D eigenvalue weighted by Gasteiger charge is 2.29. The predicted molar refractivity (Wildman–Crippen MR) is 102 cm³/mol. The number of carbonyl (C=O) groups excluding carboxylic acids is 1. The number of nitrogens with zero attached hydrogens (tertiary/aromatic N) is 1. The second kappa shape index (κ2) is 8.49. The highest BCUT2D eigenvalue weighted by molar-refractivity contribution is 7.89. The molecule has 2 aromatic rings. The van der Waals surface area contributed by atoms with Crippen LogP contribution in [-0.2, 0) is 14.8 Å². The molecule has 0 heterocycles. The molecular formula is C19H23FN2O4S. The zero-order valence-electron chi connectivity index (χ0n) is 15.7. The van der Waals surface area contributed by atoms with Gasteiger partial charge < -0.3 is 10.1 Å². The van der Waals surface area contributed by atoms with Crippen molar-refractivity contribution in [2.24, 2.45) is 0 Å². The van der Waals surface area contributed by atoms with Gasteiger partial charge in [0.1, 0.15) is 16.5 Å². The molecule has 0 aromatic heterocycles. The average molecular weight is 394 g/mol. The van der Waals surface area contributed by atoms with Crippen molar-refractivity contribution in [3.63, 3.8) is 0 Å². The number of amides is 1. The first-order valence-electron chi connectivity index (χ1n) is 8.40. The number of sulfonamides is 1. The van der Waals surface area contributed by atoms with Crippen LogP contribution in [0.1, 0.15) is 18.1 Å². The molecular weight excluding hydrogens is 371 g/mol. The molecule has 27 heavy (non-hydrogen) atoms. The van der Waals surface area contributed by atoms with E-state index in [0.717, 1.165) is 27.6 Å². The molecule has 0 aliphatic carbocycles. The number of likely N-dealkylation sites (N-methyl/N-ethyl adjacent to an activating group) is 1. The van der Waals surface area contributed by atoms with E-state index in [1.54, 1.807) is 13.0 Å². The molecule has 0 fully saturated rings. The minimum Gasteiger partial charge on any atom is -0.495 e. The molecule has 1 N–H and O–H groups in total. The molecule has 1 amide bonds. The van der Waals surface area contributed by atoms with Crippen LogP contribution >= 0.6 is 0 Å². The van der Waals surface area contributed by atoms with Crippen LogP contribution in [0.25, 0.3) is 0 Å². The molecule has 0 unspecified atom stereocenters. The number of nitrogens with one attached hydrogen (secondary N) is 1. The van der Waals surface area contributed by atoms with E-state index >= 15 is 0 Å². The van der Waals surface area contributed by atoms with E-state index in [0.29, 0.717) is 5.69 Å². The van der Waals surface area contributed by atoms with Crippen molar-refractivity contribution in [1.82, 2.24) is 4.31 Å². The van der Waals surface area contributed by atoms with Crippen molar-refractivity contribution in [1.29, 1.82) is 0 Å². The molecule has 0 aliphatic heterocycles.